The molecule has 0 spiro atoms. The van der Waals surface area contributed by atoms with Crippen molar-refractivity contribution in [3.63, 3.8) is 0 Å². The van der Waals surface area contributed by atoms with Crippen LogP contribution >= 0.6 is 11.3 Å². The zero-order chi connectivity index (χ0) is 17.1. The third-order valence-corrected chi connectivity index (χ3v) is 5.96. The summed E-state index contributed by atoms with van der Waals surface area (Å²) in [5, 5.41) is 5.32. The fraction of sp³-hybridized carbons (Fsp3) is 0.278. The summed E-state index contributed by atoms with van der Waals surface area (Å²) >= 11 is 1.70. The number of hydrogen-bond donors (Lipinski definition) is 0. The highest BCUT2D eigenvalue weighted by Crippen LogP contribution is 2.38. The lowest BCUT2D eigenvalue weighted by molar-refractivity contribution is 0.509. The van der Waals surface area contributed by atoms with Gasteiger partial charge in [0.2, 0.25) is 0 Å². The Hall–Kier alpha value is -2.41. The van der Waals surface area contributed by atoms with Crippen LogP contribution in [0.1, 0.15) is 23.8 Å². The summed E-state index contributed by atoms with van der Waals surface area (Å²) in [6.45, 7) is 2.26. The maximum Gasteiger partial charge on any atom is 0.185 e. The van der Waals surface area contributed by atoms with E-state index in [1.54, 1.807) is 22.2 Å². The molecule has 0 N–H and O–H groups in total. The van der Waals surface area contributed by atoms with Crippen LogP contribution in [0.5, 0.6) is 0 Å². The van der Waals surface area contributed by atoms with E-state index in [9.17, 15) is 8.78 Å². The fourth-order valence-electron chi connectivity index (χ4n) is 3.52. The number of hydrogen-bond acceptors (Lipinski definition) is 4. The normalized spacial score (nSPS) is 17.3. The van der Waals surface area contributed by atoms with E-state index in [0.29, 0.717) is 11.6 Å². The first-order valence-corrected chi connectivity index (χ1v) is 9.03. The van der Waals surface area contributed by atoms with Crippen molar-refractivity contribution in [3.05, 3.63) is 46.6 Å². The van der Waals surface area contributed by atoms with Gasteiger partial charge in [0.25, 0.3) is 0 Å². The highest BCUT2D eigenvalue weighted by Gasteiger charge is 2.24. The number of rotatable bonds is 1. The van der Waals surface area contributed by atoms with Crippen LogP contribution in [-0.4, -0.2) is 19.6 Å². The first-order chi connectivity index (χ1) is 12.1. The minimum atomic E-state index is -0.539. The van der Waals surface area contributed by atoms with Gasteiger partial charge < -0.3 is 0 Å². The molecule has 0 aliphatic heterocycles. The van der Waals surface area contributed by atoms with Crippen LogP contribution in [0.2, 0.25) is 0 Å². The van der Waals surface area contributed by atoms with Gasteiger partial charge in [-0.3, -0.25) is 0 Å². The Labute approximate surface area is 146 Å². The third kappa shape index (κ3) is 2.26. The molecule has 0 amide bonds. The van der Waals surface area contributed by atoms with Crippen molar-refractivity contribution < 1.29 is 8.78 Å². The number of nitrogens with zero attached hydrogens (tertiary/aromatic N) is 4. The van der Waals surface area contributed by atoms with Crippen molar-refractivity contribution in [1.82, 2.24) is 19.6 Å². The van der Waals surface area contributed by atoms with Gasteiger partial charge in [0, 0.05) is 4.88 Å². The van der Waals surface area contributed by atoms with E-state index in [-0.39, 0.29) is 11.4 Å². The molecule has 0 saturated carbocycles. The molecule has 1 atom stereocenters. The van der Waals surface area contributed by atoms with Crippen molar-refractivity contribution in [2.24, 2.45) is 5.92 Å². The molecule has 126 valence electrons. The molecule has 1 unspecified atom stereocenters. The predicted octanol–water partition coefficient (Wildman–Crippen LogP) is 4.41. The van der Waals surface area contributed by atoms with Gasteiger partial charge in [0.05, 0.1) is 10.9 Å². The summed E-state index contributed by atoms with van der Waals surface area (Å²) in [5.41, 5.74) is 2.01. The molecule has 7 heteroatoms. The van der Waals surface area contributed by atoms with Gasteiger partial charge >= 0.3 is 0 Å². The second kappa shape index (κ2) is 5.29. The van der Waals surface area contributed by atoms with Crippen molar-refractivity contribution >= 4 is 27.2 Å². The molecule has 0 radical (unpaired) electrons. The van der Waals surface area contributed by atoms with Crippen molar-refractivity contribution in [2.45, 2.75) is 26.2 Å². The van der Waals surface area contributed by atoms with E-state index >= 15 is 0 Å². The van der Waals surface area contributed by atoms with E-state index in [2.05, 4.69) is 22.0 Å². The van der Waals surface area contributed by atoms with Crippen LogP contribution < -0.4 is 0 Å². The molecule has 25 heavy (non-hydrogen) atoms. The Morgan fingerprint density at radius 1 is 1.28 bits per heavy atom. The van der Waals surface area contributed by atoms with Gasteiger partial charge in [-0.15, -0.1) is 16.4 Å². The van der Waals surface area contributed by atoms with E-state index < -0.39 is 11.6 Å². The number of benzene rings is 1. The van der Waals surface area contributed by atoms with E-state index in [1.807, 2.05) is 0 Å². The first kappa shape index (κ1) is 14.9. The average Bonchev–Trinajstić information content (AvgIpc) is 3.16. The largest absolute Gasteiger partial charge is 0.225 e. The van der Waals surface area contributed by atoms with Crippen molar-refractivity contribution in [3.8, 4) is 11.4 Å². The number of fused-ring (bicyclic) bond motifs is 5. The molecular weight excluding hydrogens is 342 g/mol. The molecule has 4 nitrogen and oxygen atoms in total. The Morgan fingerprint density at radius 2 is 2.16 bits per heavy atom. The molecular formula is C18H14F2N4S. The molecule has 4 aromatic rings. The Kier molecular flexibility index (Phi) is 3.15. The number of aryl methyl sites for hydroxylation is 1. The topological polar surface area (TPSA) is 43.1 Å². The third-order valence-electron chi connectivity index (χ3n) is 4.80. The van der Waals surface area contributed by atoms with Gasteiger partial charge in [0.1, 0.15) is 22.8 Å². The molecule has 1 aliphatic carbocycles. The molecule has 0 fully saturated rings. The summed E-state index contributed by atoms with van der Waals surface area (Å²) in [6.07, 6.45) is 4.78. The Bertz CT molecular complexity index is 1130. The van der Waals surface area contributed by atoms with Crippen LogP contribution in [0.25, 0.3) is 27.3 Å². The molecule has 5 rings (SSSR count). The van der Waals surface area contributed by atoms with Gasteiger partial charge in [-0.1, -0.05) is 6.92 Å². The van der Waals surface area contributed by atoms with Gasteiger partial charge in [-0.2, -0.15) is 0 Å². The monoisotopic (exact) mass is 356 g/mol. The van der Waals surface area contributed by atoms with Crippen LogP contribution in [0, 0.1) is 17.6 Å². The van der Waals surface area contributed by atoms with Crippen LogP contribution in [0.4, 0.5) is 8.78 Å². The van der Waals surface area contributed by atoms with E-state index in [4.69, 9.17) is 0 Å². The van der Waals surface area contributed by atoms with Crippen molar-refractivity contribution in [1.29, 1.82) is 0 Å². The smallest absolute Gasteiger partial charge is 0.185 e. The highest BCUT2D eigenvalue weighted by atomic mass is 32.1. The maximum absolute atomic E-state index is 14.1. The van der Waals surface area contributed by atoms with Gasteiger partial charge in [-0.25, -0.2) is 23.3 Å². The molecule has 1 aromatic carbocycles. The standard InChI is InChI=1S/C18H14F2N4S/c1-9-2-4-11-14(6-9)25-18-15(11)17-22-16(23-24(17)8-21-18)12-7-10(19)3-5-13(12)20/h3,5,7-9H,2,4,6H2,1H3. The van der Waals surface area contributed by atoms with Crippen LogP contribution in [-0.2, 0) is 12.8 Å². The molecule has 0 bridgehead atoms. The summed E-state index contributed by atoms with van der Waals surface area (Å²) < 4.78 is 29.2. The van der Waals surface area contributed by atoms with Gasteiger partial charge in [-0.05, 0) is 48.9 Å². The van der Waals surface area contributed by atoms with Crippen LogP contribution in [0.3, 0.4) is 0 Å². The molecule has 0 saturated heterocycles. The minimum Gasteiger partial charge on any atom is -0.225 e. The Morgan fingerprint density at radius 3 is 3.04 bits per heavy atom. The lowest BCUT2D eigenvalue weighted by Crippen LogP contribution is -2.08. The molecule has 3 aromatic heterocycles. The minimum absolute atomic E-state index is 0.0644. The highest BCUT2D eigenvalue weighted by molar-refractivity contribution is 7.19. The first-order valence-electron chi connectivity index (χ1n) is 8.21. The fourth-order valence-corrected chi connectivity index (χ4v) is 4.87. The zero-order valence-electron chi connectivity index (χ0n) is 13.5. The second-order valence-electron chi connectivity index (χ2n) is 6.60. The molecule has 3 heterocycles. The number of aromatic nitrogens is 4. The summed E-state index contributed by atoms with van der Waals surface area (Å²) in [6, 6.07) is 3.31. The van der Waals surface area contributed by atoms with Gasteiger partial charge in [0.15, 0.2) is 11.5 Å². The quantitative estimate of drug-likeness (QED) is 0.507. The summed E-state index contributed by atoms with van der Waals surface area (Å²) in [7, 11) is 0. The SMILES string of the molecule is CC1CCc2c(sc3ncn4nc(-c5cc(F)ccc5F)nc4c23)C1. The average molecular weight is 356 g/mol. The Balaban J connectivity index is 1.77. The lowest BCUT2D eigenvalue weighted by Gasteiger charge is -2.17. The van der Waals surface area contributed by atoms with E-state index in [0.717, 1.165) is 47.7 Å². The number of thiophene rings is 1. The van der Waals surface area contributed by atoms with E-state index in [1.165, 1.54) is 10.4 Å². The predicted molar refractivity (Wildman–Crippen MR) is 92.7 cm³/mol. The summed E-state index contributed by atoms with van der Waals surface area (Å²) in [5.74, 6) is -0.204. The second-order valence-corrected chi connectivity index (χ2v) is 7.69. The number of halogens is 2. The zero-order valence-corrected chi connectivity index (χ0v) is 14.3. The van der Waals surface area contributed by atoms with Crippen molar-refractivity contribution in [2.75, 3.05) is 0 Å². The summed E-state index contributed by atoms with van der Waals surface area (Å²) in [4.78, 5) is 11.3. The lowest BCUT2D eigenvalue weighted by atomic mass is 9.89. The maximum atomic E-state index is 14.1. The molecule has 1 aliphatic rings. The van der Waals surface area contributed by atoms with Crippen LogP contribution in [0.15, 0.2) is 24.5 Å².